The van der Waals surface area contributed by atoms with Crippen molar-refractivity contribution in [2.24, 2.45) is 5.92 Å². The highest BCUT2D eigenvalue weighted by molar-refractivity contribution is 5.32. The molecule has 0 amide bonds. The molecule has 0 spiro atoms. The maximum atomic E-state index is 3.52. The summed E-state index contributed by atoms with van der Waals surface area (Å²) in [7, 11) is 0. The first kappa shape index (κ1) is 10.3. The predicted molar refractivity (Wildman–Crippen MR) is 67.7 cm³/mol. The molecule has 3 rings (SSSR count). The van der Waals surface area contributed by atoms with Crippen LogP contribution in [0.1, 0.15) is 42.7 Å². The van der Waals surface area contributed by atoms with Gasteiger partial charge in [-0.25, -0.2) is 0 Å². The van der Waals surface area contributed by atoms with Crippen LogP contribution >= 0.6 is 0 Å². The van der Waals surface area contributed by atoms with E-state index in [0.717, 1.165) is 11.8 Å². The Labute approximate surface area is 98.3 Å². The molecule has 86 valence electrons. The molecule has 1 saturated heterocycles. The monoisotopic (exact) mass is 215 g/mol. The van der Waals surface area contributed by atoms with Gasteiger partial charge in [-0.15, -0.1) is 0 Å². The van der Waals surface area contributed by atoms with E-state index >= 15 is 0 Å². The number of nitrogens with one attached hydrogen (secondary N) is 1. The highest BCUT2D eigenvalue weighted by atomic mass is 14.9. The fourth-order valence-corrected chi connectivity index (χ4v) is 3.47. The van der Waals surface area contributed by atoms with E-state index in [9.17, 15) is 0 Å². The van der Waals surface area contributed by atoms with E-state index in [-0.39, 0.29) is 0 Å². The van der Waals surface area contributed by atoms with E-state index in [2.05, 4.69) is 29.6 Å². The van der Waals surface area contributed by atoms with Crippen LogP contribution in [-0.4, -0.2) is 13.1 Å². The molecule has 1 aliphatic heterocycles. The van der Waals surface area contributed by atoms with Gasteiger partial charge in [0.25, 0.3) is 0 Å². The molecule has 1 heterocycles. The van der Waals surface area contributed by atoms with Crippen LogP contribution in [0.25, 0.3) is 0 Å². The smallest absolute Gasteiger partial charge is 0.00142 e. The Hall–Kier alpha value is -0.820. The fourth-order valence-electron chi connectivity index (χ4n) is 3.47. The van der Waals surface area contributed by atoms with Gasteiger partial charge in [0.05, 0.1) is 0 Å². The quantitative estimate of drug-likeness (QED) is 0.710. The van der Waals surface area contributed by atoms with Crippen LogP contribution < -0.4 is 5.32 Å². The van der Waals surface area contributed by atoms with Gasteiger partial charge < -0.3 is 5.32 Å². The standard InChI is InChI=1S/C15H21N/c1-3-7-14-12(5-1)6-2-4-8-15(14)13-9-10-16-11-13/h1,3,5,7,13,15-16H,2,4,6,8-11H2. The Morgan fingerprint density at radius 1 is 1.06 bits per heavy atom. The normalized spacial score (nSPS) is 29.8. The van der Waals surface area contributed by atoms with Crippen LogP contribution in [0.5, 0.6) is 0 Å². The Morgan fingerprint density at radius 3 is 2.88 bits per heavy atom. The minimum Gasteiger partial charge on any atom is -0.316 e. The lowest BCUT2D eigenvalue weighted by molar-refractivity contribution is 0.427. The summed E-state index contributed by atoms with van der Waals surface area (Å²) in [6, 6.07) is 9.15. The van der Waals surface area contributed by atoms with E-state index in [0.29, 0.717) is 0 Å². The van der Waals surface area contributed by atoms with Crippen molar-refractivity contribution in [3.8, 4) is 0 Å². The zero-order valence-electron chi connectivity index (χ0n) is 9.91. The first-order valence-electron chi connectivity index (χ1n) is 6.73. The van der Waals surface area contributed by atoms with Crippen LogP contribution in [0.3, 0.4) is 0 Å². The summed E-state index contributed by atoms with van der Waals surface area (Å²) < 4.78 is 0. The molecular weight excluding hydrogens is 194 g/mol. The molecule has 1 N–H and O–H groups in total. The highest BCUT2D eigenvalue weighted by Gasteiger charge is 2.28. The van der Waals surface area contributed by atoms with Crippen LogP contribution in [-0.2, 0) is 6.42 Å². The van der Waals surface area contributed by atoms with Crippen LogP contribution in [0.4, 0.5) is 0 Å². The minimum atomic E-state index is 0.827. The van der Waals surface area contributed by atoms with Crippen LogP contribution in [0, 0.1) is 5.92 Å². The second-order valence-electron chi connectivity index (χ2n) is 5.30. The topological polar surface area (TPSA) is 12.0 Å². The van der Waals surface area contributed by atoms with Crippen molar-refractivity contribution >= 4 is 0 Å². The summed E-state index contributed by atoms with van der Waals surface area (Å²) in [4.78, 5) is 0. The van der Waals surface area contributed by atoms with Crippen molar-refractivity contribution in [2.45, 2.75) is 38.0 Å². The van der Waals surface area contributed by atoms with Gasteiger partial charge in [0.1, 0.15) is 0 Å². The molecule has 0 aromatic heterocycles. The molecule has 1 aromatic carbocycles. The summed E-state index contributed by atoms with van der Waals surface area (Å²) in [5, 5.41) is 3.52. The third-order valence-corrected chi connectivity index (χ3v) is 4.33. The third kappa shape index (κ3) is 1.89. The van der Waals surface area contributed by atoms with Crippen molar-refractivity contribution in [1.82, 2.24) is 5.32 Å². The summed E-state index contributed by atoms with van der Waals surface area (Å²) >= 11 is 0. The van der Waals surface area contributed by atoms with Crippen LogP contribution in [0.15, 0.2) is 24.3 Å². The lowest BCUT2D eigenvalue weighted by atomic mass is 9.81. The molecule has 1 nitrogen and oxygen atoms in total. The van der Waals surface area contributed by atoms with Gasteiger partial charge in [0.2, 0.25) is 0 Å². The second-order valence-corrected chi connectivity index (χ2v) is 5.30. The Morgan fingerprint density at radius 2 is 2.00 bits per heavy atom. The summed E-state index contributed by atoms with van der Waals surface area (Å²) in [5.41, 5.74) is 3.28. The van der Waals surface area contributed by atoms with E-state index in [1.807, 2.05) is 0 Å². The molecule has 1 aliphatic carbocycles. The Balaban J connectivity index is 1.92. The Bertz CT molecular complexity index is 352. The summed E-state index contributed by atoms with van der Waals surface area (Å²) in [5.74, 6) is 1.72. The van der Waals surface area contributed by atoms with E-state index in [1.165, 1.54) is 45.2 Å². The van der Waals surface area contributed by atoms with Crippen molar-refractivity contribution < 1.29 is 0 Å². The minimum absolute atomic E-state index is 0.827. The predicted octanol–water partition coefficient (Wildman–Crippen LogP) is 3.11. The number of aryl methyl sites for hydroxylation is 1. The molecule has 0 bridgehead atoms. The van der Waals surface area contributed by atoms with Crippen molar-refractivity contribution in [3.05, 3.63) is 35.4 Å². The molecule has 2 atom stereocenters. The van der Waals surface area contributed by atoms with E-state index in [4.69, 9.17) is 0 Å². The number of hydrogen-bond acceptors (Lipinski definition) is 1. The lowest BCUT2D eigenvalue weighted by Gasteiger charge is -2.23. The highest BCUT2D eigenvalue weighted by Crippen LogP contribution is 2.37. The lowest BCUT2D eigenvalue weighted by Crippen LogP contribution is -2.16. The van der Waals surface area contributed by atoms with E-state index < -0.39 is 0 Å². The van der Waals surface area contributed by atoms with Crippen molar-refractivity contribution in [1.29, 1.82) is 0 Å². The molecule has 1 fully saturated rings. The van der Waals surface area contributed by atoms with Crippen molar-refractivity contribution in [2.75, 3.05) is 13.1 Å². The van der Waals surface area contributed by atoms with Gasteiger partial charge in [0, 0.05) is 0 Å². The van der Waals surface area contributed by atoms with Crippen molar-refractivity contribution in [3.63, 3.8) is 0 Å². The maximum Gasteiger partial charge on any atom is -0.00142 e. The Kier molecular flexibility index (Phi) is 2.96. The maximum absolute atomic E-state index is 3.52. The molecule has 0 saturated carbocycles. The zero-order chi connectivity index (χ0) is 10.8. The molecule has 1 aromatic rings. The molecular formula is C15H21N. The molecule has 0 radical (unpaired) electrons. The summed E-state index contributed by atoms with van der Waals surface area (Å²) in [6.45, 7) is 2.46. The van der Waals surface area contributed by atoms with Gasteiger partial charge in [-0.1, -0.05) is 30.7 Å². The van der Waals surface area contributed by atoms with Gasteiger partial charge in [-0.2, -0.15) is 0 Å². The zero-order valence-corrected chi connectivity index (χ0v) is 9.91. The van der Waals surface area contributed by atoms with Gasteiger partial charge >= 0.3 is 0 Å². The van der Waals surface area contributed by atoms with Gasteiger partial charge in [-0.05, 0) is 61.7 Å². The second kappa shape index (κ2) is 4.58. The molecule has 2 aliphatic rings. The fraction of sp³-hybridized carbons (Fsp3) is 0.600. The van der Waals surface area contributed by atoms with Gasteiger partial charge in [-0.3, -0.25) is 0 Å². The summed E-state index contributed by atoms with van der Waals surface area (Å²) in [6.07, 6.45) is 6.87. The number of rotatable bonds is 1. The van der Waals surface area contributed by atoms with E-state index in [1.54, 1.807) is 11.1 Å². The molecule has 1 heteroatoms. The molecule has 2 unspecified atom stereocenters. The number of fused-ring (bicyclic) bond motifs is 1. The largest absolute Gasteiger partial charge is 0.316 e. The number of benzene rings is 1. The average Bonchev–Trinajstić information content (AvgIpc) is 2.76. The van der Waals surface area contributed by atoms with Gasteiger partial charge in [0.15, 0.2) is 0 Å². The average molecular weight is 215 g/mol. The molecule has 16 heavy (non-hydrogen) atoms. The first-order valence-corrected chi connectivity index (χ1v) is 6.73. The van der Waals surface area contributed by atoms with Crippen LogP contribution in [0.2, 0.25) is 0 Å². The third-order valence-electron chi connectivity index (χ3n) is 4.33. The SMILES string of the molecule is c1ccc2c(c1)CCCCC2C1CCNC1. The number of hydrogen-bond donors (Lipinski definition) is 1. The first-order chi connectivity index (χ1) is 7.95.